The first-order chi connectivity index (χ1) is 12.8. The summed E-state index contributed by atoms with van der Waals surface area (Å²) in [6.07, 6.45) is 2.23. The van der Waals surface area contributed by atoms with Gasteiger partial charge in [-0.3, -0.25) is 9.48 Å². The lowest BCUT2D eigenvalue weighted by Gasteiger charge is -2.15. The molecule has 27 heavy (non-hydrogen) atoms. The van der Waals surface area contributed by atoms with E-state index in [0.717, 1.165) is 16.7 Å². The standard InChI is InChI=1S/C17H21N5O3S2/c1-12-14-10-13(11-18-17(14)22(3)20-12)19-15(23)6-4-8-21(2)27(24,25)16-7-5-9-26-16/h5,7,9-11H,4,6,8H2,1-3H3,(H,19,23). The molecule has 8 nitrogen and oxygen atoms in total. The van der Waals surface area contributed by atoms with Gasteiger partial charge in [0.1, 0.15) is 4.21 Å². The molecule has 0 bridgehead atoms. The maximum Gasteiger partial charge on any atom is 0.252 e. The molecule has 0 aliphatic carbocycles. The molecule has 0 saturated carbocycles. The van der Waals surface area contributed by atoms with Crippen LogP contribution in [0.4, 0.5) is 5.69 Å². The molecule has 10 heteroatoms. The van der Waals surface area contributed by atoms with E-state index in [1.807, 2.05) is 20.0 Å². The molecule has 0 fully saturated rings. The predicted octanol–water partition coefficient (Wildman–Crippen LogP) is 2.38. The summed E-state index contributed by atoms with van der Waals surface area (Å²) >= 11 is 1.18. The van der Waals surface area contributed by atoms with Crippen molar-refractivity contribution in [3.8, 4) is 0 Å². The van der Waals surface area contributed by atoms with Crippen molar-refractivity contribution in [3.05, 3.63) is 35.5 Å². The Labute approximate surface area is 161 Å². The van der Waals surface area contributed by atoms with Gasteiger partial charge < -0.3 is 5.32 Å². The summed E-state index contributed by atoms with van der Waals surface area (Å²) in [7, 11) is -0.134. The van der Waals surface area contributed by atoms with E-state index in [2.05, 4.69) is 15.4 Å². The fraction of sp³-hybridized carbons (Fsp3) is 0.353. The third kappa shape index (κ3) is 4.18. The number of amides is 1. The zero-order chi connectivity index (χ0) is 19.6. The quantitative estimate of drug-likeness (QED) is 0.648. The highest BCUT2D eigenvalue weighted by atomic mass is 32.2. The topological polar surface area (TPSA) is 97.2 Å². The largest absolute Gasteiger partial charge is 0.325 e. The molecule has 3 aromatic heterocycles. The molecule has 3 rings (SSSR count). The Morgan fingerprint density at radius 2 is 2.19 bits per heavy atom. The molecule has 0 aromatic carbocycles. The molecule has 3 aromatic rings. The summed E-state index contributed by atoms with van der Waals surface area (Å²) < 4.78 is 28.0. The maximum absolute atomic E-state index is 12.3. The molecule has 0 spiro atoms. The minimum atomic E-state index is -3.48. The van der Waals surface area contributed by atoms with Crippen molar-refractivity contribution >= 4 is 44.0 Å². The lowest BCUT2D eigenvalue weighted by Crippen LogP contribution is -2.28. The van der Waals surface area contributed by atoms with Gasteiger partial charge in [-0.1, -0.05) is 6.07 Å². The Morgan fingerprint density at radius 3 is 2.89 bits per heavy atom. The highest BCUT2D eigenvalue weighted by Gasteiger charge is 2.21. The molecule has 0 radical (unpaired) electrons. The van der Waals surface area contributed by atoms with Gasteiger partial charge in [-0.2, -0.15) is 5.10 Å². The number of carbonyl (C=O) groups is 1. The zero-order valence-corrected chi connectivity index (χ0v) is 17.0. The van der Waals surface area contributed by atoms with Crippen LogP contribution >= 0.6 is 11.3 Å². The second kappa shape index (κ2) is 7.75. The third-order valence-electron chi connectivity index (χ3n) is 4.18. The Kier molecular flexibility index (Phi) is 5.59. The third-order valence-corrected chi connectivity index (χ3v) is 7.41. The summed E-state index contributed by atoms with van der Waals surface area (Å²) in [4.78, 5) is 16.5. The number of rotatable bonds is 7. The van der Waals surface area contributed by atoms with E-state index in [1.54, 1.807) is 28.4 Å². The summed E-state index contributed by atoms with van der Waals surface area (Å²) in [5.41, 5.74) is 2.20. The molecule has 1 amide bonds. The van der Waals surface area contributed by atoms with Gasteiger partial charge in [-0.05, 0) is 30.9 Å². The van der Waals surface area contributed by atoms with Crippen LogP contribution in [0.1, 0.15) is 18.5 Å². The molecule has 0 atom stereocenters. The van der Waals surface area contributed by atoms with Crippen LogP contribution < -0.4 is 5.32 Å². The predicted molar refractivity (Wildman–Crippen MR) is 105 cm³/mol. The number of carbonyl (C=O) groups excluding carboxylic acids is 1. The Balaban J connectivity index is 1.55. The number of nitrogens with one attached hydrogen (secondary N) is 1. The van der Waals surface area contributed by atoms with Crippen LogP contribution in [0.5, 0.6) is 0 Å². The summed E-state index contributed by atoms with van der Waals surface area (Å²) in [6.45, 7) is 2.16. The van der Waals surface area contributed by atoms with Crippen LogP contribution in [0.25, 0.3) is 11.0 Å². The second-order valence-electron chi connectivity index (χ2n) is 6.21. The van der Waals surface area contributed by atoms with E-state index in [0.29, 0.717) is 16.3 Å². The molecule has 0 aliphatic rings. The minimum Gasteiger partial charge on any atom is -0.325 e. The lowest BCUT2D eigenvalue weighted by atomic mass is 10.2. The zero-order valence-electron chi connectivity index (χ0n) is 15.3. The number of anilines is 1. The monoisotopic (exact) mass is 407 g/mol. The van der Waals surface area contributed by atoms with Crippen molar-refractivity contribution in [2.75, 3.05) is 18.9 Å². The van der Waals surface area contributed by atoms with E-state index >= 15 is 0 Å². The van der Waals surface area contributed by atoms with E-state index in [1.165, 1.54) is 22.7 Å². The SMILES string of the molecule is Cc1nn(C)c2ncc(NC(=O)CCCN(C)S(=O)(=O)c3cccs3)cc12. The second-order valence-corrected chi connectivity index (χ2v) is 9.43. The molecular formula is C17H21N5O3S2. The van der Waals surface area contributed by atoms with Gasteiger partial charge in [0.2, 0.25) is 5.91 Å². The number of fused-ring (bicyclic) bond motifs is 1. The average molecular weight is 408 g/mol. The van der Waals surface area contributed by atoms with Gasteiger partial charge in [0.25, 0.3) is 10.0 Å². The van der Waals surface area contributed by atoms with Crippen molar-refractivity contribution < 1.29 is 13.2 Å². The van der Waals surface area contributed by atoms with Crippen molar-refractivity contribution in [2.24, 2.45) is 7.05 Å². The van der Waals surface area contributed by atoms with E-state index in [-0.39, 0.29) is 18.9 Å². The van der Waals surface area contributed by atoms with Crippen LogP contribution in [-0.2, 0) is 21.9 Å². The summed E-state index contributed by atoms with van der Waals surface area (Å²) in [5, 5.41) is 9.72. The number of nitrogens with zero attached hydrogens (tertiary/aromatic N) is 4. The number of pyridine rings is 1. The summed E-state index contributed by atoms with van der Waals surface area (Å²) in [6, 6.07) is 5.12. The first-order valence-electron chi connectivity index (χ1n) is 8.38. The smallest absolute Gasteiger partial charge is 0.252 e. The number of aryl methyl sites for hydroxylation is 2. The number of aromatic nitrogens is 3. The Hall–Kier alpha value is -2.30. The minimum absolute atomic E-state index is 0.181. The molecule has 0 saturated heterocycles. The highest BCUT2D eigenvalue weighted by Crippen LogP contribution is 2.21. The van der Waals surface area contributed by atoms with E-state index in [4.69, 9.17) is 0 Å². The van der Waals surface area contributed by atoms with Crippen LogP contribution in [0.2, 0.25) is 0 Å². The number of thiophene rings is 1. The van der Waals surface area contributed by atoms with Crippen molar-refractivity contribution in [2.45, 2.75) is 24.0 Å². The number of hydrogen-bond donors (Lipinski definition) is 1. The van der Waals surface area contributed by atoms with E-state index in [9.17, 15) is 13.2 Å². The molecule has 0 unspecified atom stereocenters. The molecule has 1 N–H and O–H groups in total. The fourth-order valence-corrected chi connectivity index (χ4v) is 5.16. The van der Waals surface area contributed by atoms with Crippen LogP contribution in [-0.4, -0.2) is 47.0 Å². The molecule has 144 valence electrons. The average Bonchev–Trinajstić information content (AvgIpc) is 3.24. The first kappa shape index (κ1) is 19.5. The van der Waals surface area contributed by atoms with Crippen LogP contribution in [0.15, 0.2) is 34.0 Å². The van der Waals surface area contributed by atoms with Crippen molar-refractivity contribution in [1.29, 1.82) is 0 Å². The van der Waals surface area contributed by atoms with Gasteiger partial charge >= 0.3 is 0 Å². The van der Waals surface area contributed by atoms with Crippen molar-refractivity contribution in [1.82, 2.24) is 19.1 Å². The molecule has 3 heterocycles. The normalized spacial score (nSPS) is 12.0. The molecule has 0 aliphatic heterocycles. The van der Waals surface area contributed by atoms with Gasteiger partial charge in [-0.15, -0.1) is 11.3 Å². The first-order valence-corrected chi connectivity index (χ1v) is 10.7. The van der Waals surface area contributed by atoms with E-state index < -0.39 is 10.0 Å². The Morgan fingerprint density at radius 1 is 1.41 bits per heavy atom. The fourth-order valence-electron chi connectivity index (χ4n) is 2.75. The highest BCUT2D eigenvalue weighted by molar-refractivity contribution is 7.91. The van der Waals surface area contributed by atoms with Gasteiger partial charge in [0.15, 0.2) is 5.65 Å². The van der Waals surface area contributed by atoms with Crippen molar-refractivity contribution in [3.63, 3.8) is 0 Å². The maximum atomic E-state index is 12.3. The summed E-state index contributed by atoms with van der Waals surface area (Å²) in [5.74, 6) is -0.181. The molecular weight excluding hydrogens is 386 g/mol. The van der Waals surface area contributed by atoms with Gasteiger partial charge in [0, 0.05) is 32.4 Å². The number of sulfonamides is 1. The Bertz CT molecular complexity index is 1060. The van der Waals surface area contributed by atoms with Gasteiger partial charge in [0.05, 0.1) is 17.6 Å². The van der Waals surface area contributed by atoms with Crippen LogP contribution in [0, 0.1) is 6.92 Å². The van der Waals surface area contributed by atoms with Crippen LogP contribution in [0.3, 0.4) is 0 Å². The lowest BCUT2D eigenvalue weighted by molar-refractivity contribution is -0.116. The van der Waals surface area contributed by atoms with Gasteiger partial charge in [-0.25, -0.2) is 17.7 Å². The number of hydrogen-bond acceptors (Lipinski definition) is 6.